The number of esters is 1. The first kappa shape index (κ1) is 11.6. The van der Waals surface area contributed by atoms with Crippen molar-refractivity contribution in [1.82, 2.24) is 4.98 Å². The molecule has 0 bridgehead atoms. The van der Waals surface area contributed by atoms with E-state index in [-0.39, 0.29) is 5.97 Å². The molecule has 5 nitrogen and oxygen atoms in total. The molecule has 1 aliphatic heterocycles. The van der Waals surface area contributed by atoms with Crippen LogP contribution in [0.1, 0.15) is 24.2 Å². The zero-order valence-electron chi connectivity index (χ0n) is 9.79. The van der Waals surface area contributed by atoms with Crippen LogP contribution in [0, 0.1) is 6.92 Å². The Balaban J connectivity index is 2.22. The predicted octanol–water partition coefficient (Wildman–Crippen LogP) is 1.42. The van der Waals surface area contributed by atoms with Crippen LogP contribution in [0.3, 0.4) is 0 Å². The third kappa shape index (κ3) is 2.27. The molecule has 0 spiro atoms. The maximum absolute atomic E-state index is 11.7. The number of rotatable bonds is 3. The molecule has 0 saturated carbocycles. The Hall–Kier alpha value is -1.91. The molecule has 90 valence electrons. The fourth-order valence-electron chi connectivity index (χ4n) is 1.75. The van der Waals surface area contributed by atoms with Crippen molar-refractivity contribution < 1.29 is 14.3 Å². The molecule has 0 N–H and O–H groups in total. The van der Waals surface area contributed by atoms with Gasteiger partial charge < -0.3 is 9.47 Å². The van der Waals surface area contributed by atoms with E-state index in [0.29, 0.717) is 6.61 Å². The highest BCUT2D eigenvalue weighted by Gasteiger charge is 2.36. The van der Waals surface area contributed by atoms with E-state index in [2.05, 4.69) is 9.98 Å². The molecule has 0 aromatic carbocycles. The van der Waals surface area contributed by atoms with Crippen molar-refractivity contribution in [1.29, 1.82) is 0 Å². The second kappa shape index (κ2) is 4.95. The average molecular weight is 234 g/mol. The fraction of sp³-hybridized carbons (Fsp3) is 0.417. The summed E-state index contributed by atoms with van der Waals surface area (Å²) in [6.45, 7) is 4.05. The first-order valence-corrected chi connectivity index (χ1v) is 5.48. The van der Waals surface area contributed by atoms with E-state index < -0.39 is 12.1 Å². The molecule has 2 rings (SSSR count). The molecule has 0 amide bonds. The normalized spacial score (nSPS) is 22.2. The molecule has 1 aromatic heterocycles. The lowest BCUT2D eigenvalue weighted by molar-refractivity contribution is -0.146. The average Bonchev–Trinajstić information content (AvgIpc) is 2.79. The van der Waals surface area contributed by atoms with Crippen molar-refractivity contribution in [3.8, 4) is 0 Å². The van der Waals surface area contributed by atoms with Gasteiger partial charge >= 0.3 is 5.97 Å². The van der Waals surface area contributed by atoms with Gasteiger partial charge in [-0.15, -0.1) is 0 Å². The molecule has 17 heavy (non-hydrogen) atoms. The van der Waals surface area contributed by atoms with Gasteiger partial charge in [0.2, 0.25) is 0 Å². The summed E-state index contributed by atoms with van der Waals surface area (Å²) in [5.41, 5.74) is 1.88. The summed E-state index contributed by atoms with van der Waals surface area (Å²) in [6, 6.07) is 1.25. The van der Waals surface area contributed by atoms with Crippen LogP contribution in [0.15, 0.2) is 23.5 Å². The summed E-state index contributed by atoms with van der Waals surface area (Å²) < 4.78 is 10.3. The lowest BCUT2D eigenvalue weighted by Gasteiger charge is -2.17. The van der Waals surface area contributed by atoms with E-state index in [1.807, 2.05) is 13.0 Å². The zero-order chi connectivity index (χ0) is 12.3. The van der Waals surface area contributed by atoms with Gasteiger partial charge in [-0.05, 0) is 25.5 Å². The Morgan fingerprint density at radius 2 is 2.41 bits per heavy atom. The number of hydrogen-bond donors (Lipinski definition) is 0. The van der Waals surface area contributed by atoms with Gasteiger partial charge in [0, 0.05) is 18.0 Å². The van der Waals surface area contributed by atoms with Crippen LogP contribution < -0.4 is 0 Å². The maximum atomic E-state index is 11.7. The van der Waals surface area contributed by atoms with Gasteiger partial charge in [0.25, 0.3) is 0 Å². The van der Waals surface area contributed by atoms with E-state index in [1.54, 1.807) is 19.3 Å². The van der Waals surface area contributed by atoms with Gasteiger partial charge in [0.1, 0.15) is 0 Å². The Kier molecular flexibility index (Phi) is 3.37. The quantitative estimate of drug-likeness (QED) is 0.742. The Bertz CT molecular complexity index is 445. The Morgan fingerprint density at radius 3 is 3.12 bits per heavy atom. The fourth-order valence-corrected chi connectivity index (χ4v) is 1.75. The summed E-state index contributed by atoms with van der Waals surface area (Å²) in [4.78, 5) is 19.7. The first-order chi connectivity index (χ1) is 8.24. The number of hydrogen-bond acceptors (Lipinski definition) is 5. The topological polar surface area (TPSA) is 60.8 Å². The monoisotopic (exact) mass is 234 g/mol. The molecule has 5 heteroatoms. The first-order valence-electron chi connectivity index (χ1n) is 5.48. The van der Waals surface area contributed by atoms with E-state index in [1.165, 1.54) is 6.40 Å². The molecular weight excluding hydrogens is 220 g/mol. The minimum absolute atomic E-state index is 0.337. The lowest BCUT2D eigenvalue weighted by Crippen LogP contribution is -2.26. The van der Waals surface area contributed by atoms with E-state index in [9.17, 15) is 4.79 Å². The molecule has 1 aromatic rings. The predicted molar refractivity (Wildman–Crippen MR) is 61.7 cm³/mol. The summed E-state index contributed by atoms with van der Waals surface area (Å²) >= 11 is 0. The molecule has 0 unspecified atom stereocenters. The second-order valence-electron chi connectivity index (χ2n) is 3.74. The number of pyridine rings is 1. The maximum Gasteiger partial charge on any atom is 0.335 e. The minimum atomic E-state index is -0.627. The van der Waals surface area contributed by atoms with Gasteiger partial charge in [-0.1, -0.05) is 0 Å². The molecule has 2 atom stereocenters. The third-order valence-corrected chi connectivity index (χ3v) is 2.63. The highest BCUT2D eigenvalue weighted by atomic mass is 16.5. The number of nitrogens with zero attached hydrogens (tertiary/aromatic N) is 2. The SMILES string of the molecule is CCOC(=O)[C@H]1N=CO[C@H]1c1cnccc1C. The van der Waals surface area contributed by atoms with Crippen LogP contribution in [0.2, 0.25) is 0 Å². The van der Waals surface area contributed by atoms with Crippen LogP contribution in [0.4, 0.5) is 0 Å². The number of aryl methyl sites for hydroxylation is 1. The van der Waals surface area contributed by atoms with E-state index >= 15 is 0 Å². The van der Waals surface area contributed by atoms with Crippen molar-refractivity contribution in [2.24, 2.45) is 4.99 Å². The molecule has 0 radical (unpaired) electrons. The molecule has 2 heterocycles. The van der Waals surface area contributed by atoms with Crippen LogP contribution in [-0.2, 0) is 14.3 Å². The van der Waals surface area contributed by atoms with Crippen LogP contribution >= 0.6 is 0 Å². The second-order valence-corrected chi connectivity index (χ2v) is 3.74. The molecule has 0 fully saturated rings. The largest absolute Gasteiger partial charge is 0.473 e. The zero-order valence-corrected chi connectivity index (χ0v) is 9.79. The van der Waals surface area contributed by atoms with E-state index in [4.69, 9.17) is 9.47 Å². The van der Waals surface area contributed by atoms with Crippen molar-refractivity contribution in [3.05, 3.63) is 29.6 Å². The standard InChI is InChI=1S/C12H14N2O3/c1-3-16-12(15)10-11(17-7-14-10)9-6-13-5-4-8(9)2/h4-7,10-11H,3H2,1-2H3/t10-,11-/m0/s1. The summed E-state index contributed by atoms with van der Waals surface area (Å²) in [6.07, 6.45) is 4.27. The van der Waals surface area contributed by atoms with Gasteiger partial charge in [-0.25, -0.2) is 9.79 Å². The highest BCUT2D eigenvalue weighted by molar-refractivity contribution is 5.80. The summed E-state index contributed by atoms with van der Waals surface area (Å²) in [5, 5.41) is 0. The van der Waals surface area contributed by atoms with Crippen LogP contribution in [-0.4, -0.2) is 30.0 Å². The van der Waals surface area contributed by atoms with Crippen molar-refractivity contribution >= 4 is 12.4 Å². The Morgan fingerprint density at radius 1 is 1.59 bits per heavy atom. The van der Waals surface area contributed by atoms with Crippen LogP contribution in [0.5, 0.6) is 0 Å². The van der Waals surface area contributed by atoms with Gasteiger partial charge in [0.15, 0.2) is 18.5 Å². The van der Waals surface area contributed by atoms with Crippen molar-refractivity contribution in [3.63, 3.8) is 0 Å². The third-order valence-electron chi connectivity index (χ3n) is 2.63. The summed E-state index contributed by atoms with van der Waals surface area (Å²) in [5.74, 6) is -0.366. The molecule has 0 aliphatic carbocycles. The number of carbonyl (C=O) groups is 1. The van der Waals surface area contributed by atoms with E-state index in [0.717, 1.165) is 11.1 Å². The van der Waals surface area contributed by atoms with Gasteiger partial charge in [0.05, 0.1) is 6.61 Å². The summed E-state index contributed by atoms with van der Waals surface area (Å²) in [7, 11) is 0. The number of ether oxygens (including phenoxy) is 2. The number of aromatic nitrogens is 1. The molecule has 1 aliphatic rings. The Labute approximate surface area is 99.5 Å². The highest BCUT2D eigenvalue weighted by Crippen LogP contribution is 2.29. The van der Waals surface area contributed by atoms with Crippen molar-refractivity contribution in [2.75, 3.05) is 6.61 Å². The molecular formula is C12H14N2O3. The number of aliphatic imine (C=N–C) groups is 1. The molecule has 0 saturated heterocycles. The van der Waals surface area contributed by atoms with Gasteiger partial charge in [-0.3, -0.25) is 4.98 Å². The lowest BCUT2D eigenvalue weighted by atomic mass is 10.0. The number of carbonyl (C=O) groups excluding carboxylic acids is 1. The van der Waals surface area contributed by atoms with Crippen molar-refractivity contribution in [2.45, 2.75) is 26.0 Å². The minimum Gasteiger partial charge on any atom is -0.473 e. The smallest absolute Gasteiger partial charge is 0.335 e. The van der Waals surface area contributed by atoms with Gasteiger partial charge in [-0.2, -0.15) is 0 Å². The van der Waals surface area contributed by atoms with Crippen LogP contribution in [0.25, 0.3) is 0 Å².